The zero-order chi connectivity index (χ0) is 42.8. The van der Waals surface area contributed by atoms with Crippen molar-refractivity contribution < 1.29 is 29.3 Å². The van der Waals surface area contributed by atoms with E-state index in [4.69, 9.17) is 9.47 Å². The predicted octanol–water partition coefficient (Wildman–Crippen LogP) is 15.8. The number of phenolic OH excluding ortho intramolecular Hbond substituents is 2. The Kier molecular flexibility index (Phi) is 29.7. The van der Waals surface area contributed by atoms with E-state index in [-0.39, 0.29) is 30.6 Å². The second-order valence-electron chi connectivity index (χ2n) is 18.7. The lowest BCUT2D eigenvalue weighted by atomic mass is 9.94. The zero-order valence-electron chi connectivity index (χ0n) is 38.4. The molecule has 0 saturated heterocycles. The van der Waals surface area contributed by atoms with E-state index in [1.807, 2.05) is 38.1 Å². The van der Waals surface area contributed by atoms with Crippen molar-refractivity contribution in [2.75, 3.05) is 13.2 Å². The summed E-state index contributed by atoms with van der Waals surface area (Å²) >= 11 is 0. The van der Waals surface area contributed by atoms with Gasteiger partial charge < -0.3 is 19.7 Å². The molecular formula is C53H88O6. The average molecular weight is 821 g/mol. The van der Waals surface area contributed by atoms with Crippen LogP contribution in [0.1, 0.15) is 243 Å². The first-order valence-electron chi connectivity index (χ1n) is 24.4. The van der Waals surface area contributed by atoms with Crippen molar-refractivity contribution in [2.45, 2.75) is 232 Å². The van der Waals surface area contributed by atoms with Crippen LogP contribution in [0.5, 0.6) is 11.5 Å². The Balaban J connectivity index is 1.28. The number of esters is 2. The fraction of sp³-hybridized carbons (Fsp3) is 0.736. The quantitative estimate of drug-likeness (QED) is 0.0518. The molecule has 0 amide bonds. The van der Waals surface area contributed by atoms with E-state index in [1.54, 1.807) is 24.3 Å². The molecule has 336 valence electrons. The van der Waals surface area contributed by atoms with Crippen LogP contribution in [0.25, 0.3) is 0 Å². The molecule has 0 radical (unpaired) electrons. The number of ether oxygens (including phenoxy) is 2. The van der Waals surface area contributed by atoms with Gasteiger partial charge in [0.15, 0.2) is 0 Å². The van der Waals surface area contributed by atoms with Crippen LogP contribution < -0.4 is 0 Å². The lowest BCUT2D eigenvalue weighted by Crippen LogP contribution is -2.28. The Hall–Kier alpha value is -3.02. The fourth-order valence-electron chi connectivity index (χ4n) is 8.01. The van der Waals surface area contributed by atoms with E-state index < -0.39 is 0 Å². The van der Waals surface area contributed by atoms with Crippen molar-refractivity contribution in [3.63, 3.8) is 0 Å². The molecule has 0 saturated carbocycles. The molecule has 2 atom stereocenters. The summed E-state index contributed by atoms with van der Waals surface area (Å²) in [6, 6.07) is 15.3. The van der Waals surface area contributed by atoms with Crippen LogP contribution in [0.2, 0.25) is 0 Å². The second kappa shape index (κ2) is 33.7. The largest absolute Gasteiger partial charge is 0.508 e. The van der Waals surface area contributed by atoms with Crippen LogP contribution in [0.4, 0.5) is 0 Å². The first-order chi connectivity index (χ1) is 28.6. The van der Waals surface area contributed by atoms with Gasteiger partial charge in [0.1, 0.15) is 11.5 Å². The molecule has 0 spiro atoms. The minimum absolute atomic E-state index is 0.142. The molecule has 0 fully saturated rings. The maximum Gasteiger partial charge on any atom is 0.305 e. The van der Waals surface area contributed by atoms with Gasteiger partial charge in [0.25, 0.3) is 0 Å². The first kappa shape index (κ1) is 52.1. The summed E-state index contributed by atoms with van der Waals surface area (Å²) in [5, 5.41) is 18.9. The zero-order valence-corrected chi connectivity index (χ0v) is 38.4. The number of hydrogen-bond donors (Lipinski definition) is 2. The molecule has 0 aliphatic rings. The molecule has 0 aliphatic heterocycles. The second-order valence-corrected chi connectivity index (χ2v) is 18.7. The molecule has 2 aromatic rings. The Morgan fingerprint density at radius 2 is 0.661 bits per heavy atom. The molecule has 2 rings (SSSR count). The number of benzene rings is 2. The number of carbonyl (C=O) groups is 2. The Morgan fingerprint density at radius 3 is 0.932 bits per heavy atom. The molecule has 2 aromatic carbocycles. The van der Waals surface area contributed by atoms with Crippen molar-refractivity contribution in [3.8, 4) is 11.5 Å². The maximum absolute atomic E-state index is 12.3. The van der Waals surface area contributed by atoms with Gasteiger partial charge in [-0.2, -0.15) is 0 Å². The van der Waals surface area contributed by atoms with E-state index in [1.165, 1.54) is 165 Å². The molecule has 59 heavy (non-hydrogen) atoms. The summed E-state index contributed by atoms with van der Waals surface area (Å²) in [5.41, 5.74) is 2.27. The van der Waals surface area contributed by atoms with Gasteiger partial charge in [-0.3, -0.25) is 9.59 Å². The number of carbonyl (C=O) groups excluding carboxylic acids is 2. The van der Waals surface area contributed by atoms with Crippen LogP contribution in [0.3, 0.4) is 0 Å². The summed E-state index contributed by atoms with van der Waals surface area (Å²) in [6.07, 6.45) is 36.0. The highest BCUT2D eigenvalue weighted by Crippen LogP contribution is 2.26. The number of unbranched alkanes of at least 4 members (excludes halogenated alkanes) is 24. The SMILES string of the molecule is CC(CCCCCCCCCCCCCCCC(=O)OCC(C)(C)COC(=O)CCCCCCCCCCCCCCCC(C)c1ccc(O)cc1)c1ccc(O)cc1. The molecule has 2 unspecified atom stereocenters. The summed E-state index contributed by atoms with van der Waals surface area (Å²) < 4.78 is 11.1. The number of hydrogen-bond acceptors (Lipinski definition) is 6. The van der Waals surface area contributed by atoms with Crippen LogP contribution in [-0.2, 0) is 19.1 Å². The van der Waals surface area contributed by atoms with Gasteiger partial charge in [0.2, 0.25) is 0 Å². The first-order valence-corrected chi connectivity index (χ1v) is 24.4. The standard InChI is InChI=1S/C53H88O6/c1-45(47-35-39-49(54)40-36-47)31-27-23-19-15-11-7-5-9-13-17-21-25-29-33-51(56)58-43-53(3,4)44-59-52(57)34-30-26-22-18-14-10-6-8-12-16-20-24-28-32-46(2)48-37-41-50(55)42-38-48/h35-42,45-46,54-55H,5-34,43-44H2,1-4H3. The summed E-state index contributed by atoms with van der Waals surface area (Å²) in [6.45, 7) is 9.10. The molecule has 0 heterocycles. The monoisotopic (exact) mass is 821 g/mol. The Bertz CT molecular complexity index is 1200. The molecule has 0 aromatic heterocycles. The number of aromatic hydroxyl groups is 2. The molecule has 6 nitrogen and oxygen atoms in total. The predicted molar refractivity (Wildman–Crippen MR) is 247 cm³/mol. The number of phenols is 2. The highest BCUT2D eigenvalue weighted by atomic mass is 16.5. The highest BCUT2D eigenvalue weighted by molar-refractivity contribution is 5.69. The van der Waals surface area contributed by atoms with Crippen molar-refractivity contribution in [1.29, 1.82) is 0 Å². The van der Waals surface area contributed by atoms with Gasteiger partial charge in [0.05, 0.1) is 13.2 Å². The Labute approximate surface area is 362 Å². The minimum Gasteiger partial charge on any atom is -0.508 e. The van der Waals surface area contributed by atoms with Gasteiger partial charge in [0, 0.05) is 18.3 Å². The van der Waals surface area contributed by atoms with E-state index in [9.17, 15) is 19.8 Å². The van der Waals surface area contributed by atoms with Crippen molar-refractivity contribution in [2.24, 2.45) is 5.41 Å². The third kappa shape index (κ3) is 29.0. The summed E-state index contributed by atoms with van der Waals surface area (Å²) in [7, 11) is 0. The van der Waals surface area contributed by atoms with Crippen LogP contribution >= 0.6 is 0 Å². The lowest BCUT2D eigenvalue weighted by molar-refractivity contribution is -0.152. The smallest absolute Gasteiger partial charge is 0.305 e. The summed E-state index contributed by atoms with van der Waals surface area (Å²) in [5.74, 6) is 1.52. The van der Waals surface area contributed by atoms with Gasteiger partial charge in [-0.15, -0.1) is 0 Å². The van der Waals surface area contributed by atoms with Gasteiger partial charge in [-0.25, -0.2) is 0 Å². The molecule has 2 N–H and O–H groups in total. The van der Waals surface area contributed by atoms with Crippen molar-refractivity contribution in [1.82, 2.24) is 0 Å². The van der Waals surface area contributed by atoms with Gasteiger partial charge >= 0.3 is 11.9 Å². The Morgan fingerprint density at radius 1 is 0.424 bits per heavy atom. The van der Waals surface area contributed by atoms with E-state index >= 15 is 0 Å². The third-order valence-electron chi connectivity index (χ3n) is 12.2. The summed E-state index contributed by atoms with van der Waals surface area (Å²) in [4.78, 5) is 24.6. The average Bonchev–Trinajstić information content (AvgIpc) is 3.22. The lowest BCUT2D eigenvalue weighted by Gasteiger charge is -2.23. The van der Waals surface area contributed by atoms with E-state index in [0.717, 1.165) is 25.7 Å². The topological polar surface area (TPSA) is 93.1 Å². The van der Waals surface area contributed by atoms with Gasteiger partial charge in [-0.05, 0) is 72.9 Å². The van der Waals surface area contributed by atoms with E-state index in [2.05, 4.69) is 13.8 Å². The van der Waals surface area contributed by atoms with E-state index in [0.29, 0.717) is 36.2 Å². The van der Waals surface area contributed by atoms with Crippen LogP contribution in [0.15, 0.2) is 48.5 Å². The normalized spacial score (nSPS) is 12.7. The van der Waals surface area contributed by atoms with Crippen LogP contribution in [0, 0.1) is 5.41 Å². The van der Waals surface area contributed by atoms with Gasteiger partial charge in [-0.1, -0.05) is 206 Å². The number of rotatable bonds is 38. The molecule has 6 heteroatoms. The van der Waals surface area contributed by atoms with Crippen molar-refractivity contribution >= 4 is 11.9 Å². The molecule has 0 aliphatic carbocycles. The highest BCUT2D eigenvalue weighted by Gasteiger charge is 2.23. The third-order valence-corrected chi connectivity index (χ3v) is 12.2. The maximum atomic E-state index is 12.3. The van der Waals surface area contributed by atoms with Crippen molar-refractivity contribution in [3.05, 3.63) is 59.7 Å². The minimum atomic E-state index is -0.381. The van der Waals surface area contributed by atoms with Crippen LogP contribution in [-0.4, -0.2) is 35.4 Å². The molecular weight excluding hydrogens is 733 g/mol. The fourth-order valence-corrected chi connectivity index (χ4v) is 8.01. The molecule has 0 bridgehead atoms.